The van der Waals surface area contributed by atoms with Crippen molar-refractivity contribution in [2.45, 2.75) is 31.8 Å². The molecular weight excluding hydrogens is 384 g/mol. The average Bonchev–Trinajstić information content (AvgIpc) is 3.35. The Kier molecular flexibility index (Phi) is 4.73. The van der Waals surface area contributed by atoms with Crippen molar-refractivity contribution >= 4 is 27.4 Å². The Labute approximate surface area is 172 Å². The van der Waals surface area contributed by atoms with Gasteiger partial charge in [0.05, 0.1) is 17.7 Å². The molecule has 2 N–H and O–H groups in total. The lowest BCUT2D eigenvalue weighted by atomic mass is 9.97. The summed E-state index contributed by atoms with van der Waals surface area (Å²) in [5.41, 5.74) is 3.04. The van der Waals surface area contributed by atoms with Crippen LogP contribution >= 0.6 is 11.3 Å². The van der Waals surface area contributed by atoms with Gasteiger partial charge in [-0.25, -0.2) is 9.97 Å². The van der Waals surface area contributed by atoms with E-state index in [0.717, 1.165) is 40.0 Å². The van der Waals surface area contributed by atoms with Crippen LogP contribution in [0.15, 0.2) is 36.9 Å². The minimum atomic E-state index is -0.662. The van der Waals surface area contributed by atoms with Crippen molar-refractivity contribution < 1.29 is 5.11 Å². The zero-order chi connectivity index (χ0) is 19.8. The predicted molar refractivity (Wildman–Crippen MR) is 114 cm³/mol. The third kappa shape index (κ3) is 3.49. The SMILES string of the molecule is Cn1cc(C(O)CNc2nc(-c3cccnc3)nc3sc4c(c23)CCCC4)cn1. The second kappa shape index (κ2) is 7.53. The van der Waals surface area contributed by atoms with E-state index in [9.17, 15) is 5.11 Å². The highest BCUT2D eigenvalue weighted by atomic mass is 32.1. The summed E-state index contributed by atoms with van der Waals surface area (Å²) in [6, 6.07) is 3.86. The lowest BCUT2D eigenvalue weighted by molar-refractivity contribution is 0.191. The number of hydrogen-bond acceptors (Lipinski definition) is 7. The van der Waals surface area contributed by atoms with E-state index in [-0.39, 0.29) is 0 Å². The van der Waals surface area contributed by atoms with Crippen LogP contribution in [0.25, 0.3) is 21.6 Å². The summed E-state index contributed by atoms with van der Waals surface area (Å²) in [6.07, 6.45) is 11.0. The minimum Gasteiger partial charge on any atom is -0.386 e. The van der Waals surface area contributed by atoms with Crippen LogP contribution in [0.4, 0.5) is 5.82 Å². The molecule has 0 aliphatic heterocycles. The zero-order valence-corrected chi connectivity index (χ0v) is 17.0. The molecule has 0 saturated carbocycles. The number of anilines is 1. The topological polar surface area (TPSA) is 88.8 Å². The third-order valence-corrected chi connectivity index (χ3v) is 6.49. The van der Waals surface area contributed by atoms with E-state index in [1.165, 1.54) is 23.3 Å². The number of rotatable bonds is 5. The lowest BCUT2D eigenvalue weighted by Crippen LogP contribution is -2.13. The Hall–Kier alpha value is -2.84. The highest BCUT2D eigenvalue weighted by molar-refractivity contribution is 7.19. The maximum Gasteiger partial charge on any atom is 0.164 e. The van der Waals surface area contributed by atoms with Crippen molar-refractivity contribution in [2.75, 3.05) is 11.9 Å². The second-order valence-corrected chi connectivity index (χ2v) is 8.46. The number of pyridine rings is 1. The van der Waals surface area contributed by atoms with Crippen molar-refractivity contribution in [3.05, 3.63) is 52.9 Å². The first-order chi connectivity index (χ1) is 14.2. The monoisotopic (exact) mass is 406 g/mol. The quantitative estimate of drug-likeness (QED) is 0.527. The van der Waals surface area contributed by atoms with E-state index in [1.807, 2.05) is 25.4 Å². The predicted octanol–water partition coefficient (Wildman–Crippen LogP) is 3.51. The Bertz CT molecular complexity index is 1150. The van der Waals surface area contributed by atoms with Gasteiger partial charge in [-0.1, -0.05) is 0 Å². The summed E-state index contributed by atoms with van der Waals surface area (Å²) < 4.78 is 1.69. The average molecular weight is 407 g/mol. The fourth-order valence-electron chi connectivity index (χ4n) is 3.83. The van der Waals surface area contributed by atoms with Crippen LogP contribution in [0, 0.1) is 0 Å². The molecule has 0 spiro atoms. The van der Waals surface area contributed by atoms with Gasteiger partial charge in [0.2, 0.25) is 0 Å². The summed E-state index contributed by atoms with van der Waals surface area (Å²) in [5, 5.41) is 19.2. The van der Waals surface area contributed by atoms with Gasteiger partial charge in [-0.3, -0.25) is 9.67 Å². The number of aliphatic hydroxyl groups is 1. The molecule has 4 aromatic rings. The number of aliphatic hydroxyl groups excluding tert-OH is 1. The van der Waals surface area contributed by atoms with Crippen LogP contribution in [0.1, 0.15) is 34.9 Å². The third-order valence-electron chi connectivity index (χ3n) is 5.31. The highest BCUT2D eigenvalue weighted by Gasteiger charge is 2.22. The van der Waals surface area contributed by atoms with E-state index < -0.39 is 6.10 Å². The van der Waals surface area contributed by atoms with Crippen molar-refractivity contribution in [2.24, 2.45) is 7.05 Å². The van der Waals surface area contributed by atoms with Crippen LogP contribution in [-0.4, -0.2) is 36.4 Å². The lowest BCUT2D eigenvalue weighted by Gasteiger charge is -2.15. The molecule has 4 aromatic heterocycles. The summed E-state index contributed by atoms with van der Waals surface area (Å²) >= 11 is 1.77. The normalized spacial score (nSPS) is 14.7. The molecule has 8 heteroatoms. The molecule has 7 nitrogen and oxygen atoms in total. The summed E-state index contributed by atoms with van der Waals surface area (Å²) in [4.78, 5) is 16.3. The largest absolute Gasteiger partial charge is 0.386 e. The number of aryl methyl sites for hydroxylation is 3. The van der Waals surface area contributed by atoms with E-state index >= 15 is 0 Å². The maximum atomic E-state index is 10.6. The first-order valence-electron chi connectivity index (χ1n) is 9.82. The molecule has 0 aromatic carbocycles. The minimum absolute atomic E-state index is 0.356. The fourth-order valence-corrected chi connectivity index (χ4v) is 5.09. The first-order valence-corrected chi connectivity index (χ1v) is 10.6. The first kappa shape index (κ1) is 18.2. The van der Waals surface area contributed by atoms with E-state index in [4.69, 9.17) is 9.97 Å². The molecular formula is C21H22N6OS. The molecule has 0 radical (unpaired) electrons. The van der Waals surface area contributed by atoms with Crippen molar-refractivity contribution in [1.82, 2.24) is 24.7 Å². The molecule has 29 heavy (non-hydrogen) atoms. The smallest absolute Gasteiger partial charge is 0.164 e. The Morgan fingerprint density at radius 1 is 1.24 bits per heavy atom. The van der Waals surface area contributed by atoms with Crippen LogP contribution in [0.2, 0.25) is 0 Å². The van der Waals surface area contributed by atoms with Gasteiger partial charge in [-0.05, 0) is 43.4 Å². The Morgan fingerprint density at radius 3 is 2.93 bits per heavy atom. The molecule has 5 rings (SSSR count). The molecule has 1 atom stereocenters. The van der Waals surface area contributed by atoms with Gasteiger partial charge in [0.15, 0.2) is 5.82 Å². The molecule has 0 saturated heterocycles. The van der Waals surface area contributed by atoms with Crippen molar-refractivity contribution in [3.63, 3.8) is 0 Å². The Balaban J connectivity index is 1.55. The van der Waals surface area contributed by atoms with Gasteiger partial charge < -0.3 is 10.4 Å². The summed E-state index contributed by atoms with van der Waals surface area (Å²) in [6.45, 7) is 0.356. The number of fused-ring (bicyclic) bond motifs is 3. The molecule has 1 aliphatic rings. The van der Waals surface area contributed by atoms with Crippen molar-refractivity contribution in [3.8, 4) is 11.4 Å². The molecule has 0 amide bonds. The maximum absolute atomic E-state index is 10.6. The standard InChI is InChI=1S/C21H22N6OS/c1-27-12-14(10-24-27)16(28)11-23-20-18-15-6-2-3-7-17(15)29-21(18)26-19(25-20)13-5-4-8-22-9-13/h4-5,8-10,12,16,28H,2-3,6-7,11H2,1H3,(H,23,25,26). The summed E-state index contributed by atoms with van der Waals surface area (Å²) in [5.74, 6) is 1.44. The molecule has 1 unspecified atom stereocenters. The van der Waals surface area contributed by atoms with Crippen LogP contribution in [0.3, 0.4) is 0 Å². The van der Waals surface area contributed by atoms with Gasteiger partial charge in [-0.2, -0.15) is 5.10 Å². The number of nitrogens with zero attached hydrogens (tertiary/aromatic N) is 5. The number of thiophene rings is 1. The zero-order valence-electron chi connectivity index (χ0n) is 16.2. The number of nitrogens with one attached hydrogen (secondary N) is 1. The van der Waals surface area contributed by atoms with Crippen LogP contribution < -0.4 is 5.32 Å². The fraction of sp³-hybridized carbons (Fsp3) is 0.333. The van der Waals surface area contributed by atoms with Gasteiger partial charge >= 0.3 is 0 Å². The second-order valence-electron chi connectivity index (χ2n) is 7.37. The molecule has 0 fully saturated rings. The molecule has 148 valence electrons. The molecule has 0 bridgehead atoms. The van der Waals surface area contributed by atoms with E-state index in [0.29, 0.717) is 12.4 Å². The van der Waals surface area contributed by atoms with Crippen molar-refractivity contribution in [1.29, 1.82) is 0 Å². The van der Waals surface area contributed by atoms with Gasteiger partial charge in [0.25, 0.3) is 0 Å². The Morgan fingerprint density at radius 2 is 2.14 bits per heavy atom. The van der Waals surface area contributed by atoms with Gasteiger partial charge in [-0.15, -0.1) is 11.3 Å². The van der Waals surface area contributed by atoms with Crippen LogP contribution in [-0.2, 0) is 19.9 Å². The van der Waals surface area contributed by atoms with E-state index in [1.54, 1.807) is 34.6 Å². The summed E-state index contributed by atoms with van der Waals surface area (Å²) in [7, 11) is 1.84. The molecule has 4 heterocycles. The highest BCUT2D eigenvalue weighted by Crippen LogP contribution is 2.39. The van der Waals surface area contributed by atoms with Gasteiger partial charge in [0, 0.05) is 48.2 Å². The molecule has 1 aliphatic carbocycles. The number of hydrogen-bond donors (Lipinski definition) is 2. The van der Waals surface area contributed by atoms with Gasteiger partial charge in [0.1, 0.15) is 10.6 Å². The number of aromatic nitrogens is 5. The van der Waals surface area contributed by atoms with E-state index in [2.05, 4.69) is 15.4 Å². The van der Waals surface area contributed by atoms with Crippen LogP contribution in [0.5, 0.6) is 0 Å².